The Morgan fingerprint density at radius 1 is 1.00 bits per heavy atom. The number of nitrogens with one attached hydrogen (secondary N) is 1. The summed E-state index contributed by atoms with van der Waals surface area (Å²) in [4.78, 5) is 12.4. The molecule has 0 aliphatic heterocycles. The second-order valence-electron chi connectivity index (χ2n) is 7.00. The monoisotopic (exact) mass is 444 g/mol. The first-order valence-electron chi connectivity index (χ1n) is 10.4. The lowest BCUT2D eigenvalue weighted by Crippen LogP contribution is -2.14. The molecule has 0 aliphatic carbocycles. The lowest BCUT2D eigenvalue weighted by molar-refractivity contribution is -0.113. The number of benzene rings is 1. The van der Waals surface area contributed by atoms with Crippen molar-refractivity contribution in [3.05, 3.63) is 35.7 Å². The Bertz CT molecular complexity index is 951. The fourth-order valence-corrected chi connectivity index (χ4v) is 4.61. The fraction of sp³-hybridized carbons (Fsp3) is 0.476. The molecule has 30 heavy (non-hydrogen) atoms. The van der Waals surface area contributed by atoms with Crippen LogP contribution in [0.2, 0.25) is 0 Å². The van der Waals surface area contributed by atoms with Crippen LogP contribution in [0.25, 0.3) is 10.6 Å². The van der Waals surface area contributed by atoms with Gasteiger partial charge in [0.15, 0.2) is 5.16 Å². The molecular weight excluding hydrogens is 416 g/mol. The number of carbonyl (C=O) groups excluding carboxylic acids is 1. The Morgan fingerprint density at radius 3 is 2.47 bits per heavy atom. The van der Waals surface area contributed by atoms with Crippen LogP contribution in [0.5, 0.6) is 0 Å². The van der Waals surface area contributed by atoms with E-state index in [1.54, 1.807) is 0 Å². The van der Waals surface area contributed by atoms with E-state index in [-0.39, 0.29) is 11.7 Å². The molecule has 2 heterocycles. The van der Waals surface area contributed by atoms with Crippen LogP contribution < -0.4 is 5.32 Å². The van der Waals surface area contributed by atoms with Gasteiger partial charge < -0.3 is 4.57 Å². The summed E-state index contributed by atoms with van der Waals surface area (Å²) in [6.45, 7) is 7.29. The van der Waals surface area contributed by atoms with E-state index in [0.29, 0.717) is 5.13 Å². The average molecular weight is 445 g/mol. The number of rotatable bonds is 11. The third kappa shape index (κ3) is 5.89. The minimum atomic E-state index is -0.121. The van der Waals surface area contributed by atoms with Crippen LogP contribution >= 0.6 is 23.1 Å². The molecule has 3 rings (SSSR count). The maximum absolute atomic E-state index is 12.4. The second kappa shape index (κ2) is 11.2. The zero-order chi connectivity index (χ0) is 21.3. The van der Waals surface area contributed by atoms with Crippen molar-refractivity contribution in [3.8, 4) is 10.6 Å². The van der Waals surface area contributed by atoms with Gasteiger partial charge in [0.25, 0.3) is 0 Å². The molecule has 0 bridgehead atoms. The largest absolute Gasteiger partial charge is 0.306 e. The van der Waals surface area contributed by atoms with E-state index in [9.17, 15) is 4.79 Å². The zero-order valence-corrected chi connectivity index (χ0v) is 19.4. The van der Waals surface area contributed by atoms with Crippen LogP contribution in [0.15, 0.2) is 29.4 Å². The Hall–Kier alpha value is -2.26. The van der Waals surface area contributed by atoms with Crippen molar-refractivity contribution in [2.75, 3.05) is 11.1 Å². The van der Waals surface area contributed by atoms with Gasteiger partial charge >= 0.3 is 0 Å². The SMILES string of the molecule is CCCc1ccc(-c2nnc(NC(=O)CSc3nnc(CCC)n3CCC)s2)cc1. The highest BCUT2D eigenvalue weighted by molar-refractivity contribution is 7.99. The van der Waals surface area contributed by atoms with Crippen molar-refractivity contribution < 1.29 is 4.79 Å². The molecular formula is C21H28N6OS2. The lowest BCUT2D eigenvalue weighted by Gasteiger charge is -2.07. The summed E-state index contributed by atoms with van der Waals surface area (Å²) >= 11 is 2.78. The Balaban J connectivity index is 1.57. The molecule has 1 N–H and O–H groups in total. The van der Waals surface area contributed by atoms with Gasteiger partial charge in [-0.3, -0.25) is 10.1 Å². The summed E-state index contributed by atoms with van der Waals surface area (Å²) in [6, 6.07) is 8.35. The number of carbonyl (C=O) groups is 1. The highest BCUT2D eigenvalue weighted by atomic mass is 32.2. The average Bonchev–Trinajstić information content (AvgIpc) is 3.35. The number of thioether (sulfide) groups is 1. The molecule has 0 saturated carbocycles. The topological polar surface area (TPSA) is 85.6 Å². The van der Waals surface area contributed by atoms with Crippen molar-refractivity contribution in [3.63, 3.8) is 0 Å². The van der Waals surface area contributed by atoms with E-state index in [1.165, 1.54) is 28.7 Å². The molecule has 7 nitrogen and oxygen atoms in total. The van der Waals surface area contributed by atoms with Gasteiger partial charge in [-0.1, -0.05) is 74.6 Å². The molecule has 0 saturated heterocycles. The highest BCUT2D eigenvalue weighted by Gasteiger charge is 2.15. The highest BCUT2D eigenvalue weighted by Crippen LogP contribution is 2.27. The molecule has 2 aromatic heterocycles. The van der Waals surface area contributed by atoms with Gasteiger partial charge in [-0.2, -0.15) is 0 Å². The predicted octanol–water partition coefficient (Wildman–Crippen LogP) is 4.84. The quantitative estimate of drug-likeness (QED) is 0.426. The molecule has 0 aliphatic rings. The maximum atomic E-state index is 12.4. The molecule has 3 aromatic rings. The lowest BCUT2D eigenvalue weighted by atomic mass is 10.1. The first kappa shape index (κ1) is 22.4. The van der Waals surface area contributed by atoms with E-state index in [2.05, 4.69) is 75.3 Å². The smallest absolute Gasteiger partial charge is 0.236 e. The summed E-state index contributed by atoms with van der Waals surface area (Å²) in [6.07, 6.45) is 5.12. The molecule has 0 unspecified atom stereocenters. The minimum Gasteiger partial charge on any atom is -0.306 e. The summed E-state index contributed by atoms with van der Waals surface area (Å²) in [7, 11) is 0. The Labute approximate surface area is 185 Å². The maximum Gasteiger partial charge on any atom is 0.236 e. The van der Waals surface area contributed by atoms with Crippen LogP contribution in [-0.2, 0) is 24.2 Å². The van der Waals surface area contributed by atoms with E-state index < -0.39 is 0 Å². The number of anilines is 1. The summed E-state index contributed by atoms with van der Waals surface area (Å²) in [5.41, 5.74) is 2.33. The standard InChI is InChI=1S/C21H28N6OS2/c1-4-7-15-9-11-16(12-10-15)19-24-25-20(30-19)22-18(28)14-29-21-26-23-17(8-5-2)27(21)13-6-3/h9-12H,4-8,13-14H2,1-3H3,(H,22,25,28). The first-order valence-corrected chi connectivity index (χ1v) is 12.2. The van der Waals surface area contributed by atoms with E-state index in [1.807, 2.05) is 0 Å². The van der Waals surface area contributed by atoms with E-state index >= 15 is 0 Å². The molecule has 1 amide bonds. The molecule has 160 valence electrons. The van der Waals surface area contributed by atoms with Gasteiger partial charge in [-0.25, -0.2) is 0 Å². The van der Waals surface area contributed by atoms with Gasteiger partial charge in [-0.15, -0.1) is 20.4 Å². The Kier molecular flexibility index (Phi) is 8.39. The van der Waals surface area contributed by atoms with Crippen LogP contribution in [0, 0.1) is 0 Å². The van der Waals surface area contributed by atoms with Crippen molar-refractivity contribution in [1.82, 2.24) is 25.0 Å². The van der Waals surface area contributed by atoms with Crippen molar-refractivity contribution in [2.24, 2.45) is 0 Å². The number of nitrogens with zero attached hydrogens (tertiary/aromatic N) is 5. The minimum absolute atomic E-state index is 0.121. The van der Waals surface area contributed by atoms with Crippen molar-refractivity contribution in [1.29, 1.82) is 0 Å². The molecule has 1 aromatic carbocycles. The third-order valence-corrected chi connectivity index (χ3v) is 6.31. The number of hydrogen-bond donors (Lipinski definition) is 1. The second-order valence-corrected chi connectivity index (χ2v) is 8.92. The van der Waals surface area contributed by atoms with Gasteiger partial charge in [0, 0.05) is 18.5 Å². The van der Waals surface area contributed by atoms with E-state index in [0.717, 1.165) is 60.2 Å². The van der Waals surface area contributed by atoms with Gasteiger partial charge in [-0.05, 0) is 24.8 Å². The molecule has 0 spiro atoms. The molecule has 0 radical (unpaired) electrons. The predicted molar refractivity (Wildman–Crippen MR) is 123 cm³/mol. The van der Waals surface area contributed by atoms with Gasteiger partial charge in [0.2, 0.25) is 11.0 Å². The number of amides is 1. The summed E-state index contributed by atoms with van der Waals surface area (Å²) in [5, 5.41) is 21.8. The zero-order valence-electron chi connectivity index (χ0n) is 17.7. The number of hydrogen-bond acceptors (Lipinski definition) is 7. The molecule has 0 fully saturated rings. The fourth-order valence-electron chi connectivity index (χ4n) is 3.06. The van der Waals surface area contributed by atoms with E-state index in [4.69, 9.17) is 0 Å². The first-order chi connectivity index (χ1) is 14.6. The number of aryl methyl sites for hydroxylation is 2. The third-order valence-electron chi connectivity index (χ3n) is 4.46. The summed E-state index contributed by atoms with van der Waals surface area (Å²) < 4.78 is 2.12. The molecule has 0 atom stereocenters. The Morgan fingerprint density at radius 2 is 1.77 bits per heavy atom. The van der Waals surface area contributed by atoms with Crippen LogP contribution in [0.4, 0.5) is 5.13 Å². The van der Waals surface area contributed by atoms with Crippen molar-refractivity contribution >= 4 is 34.1 Å². The normalized spacial score (nSPS) is 11.0. The summed E-state index contributed by atoms with van der Waals surface area (Å²) in [5.74, 6) is 1.12. The van der Waals surface area contributed by atoms with Crippen molar-refractivity contribution in [2.45, 2.75) is 64.6 Å². The van der Waals surface area contributed by atoms with Gasteiger partial charge in [0.05, 0.1) is 5.75 Å². The van der Waals surface area contributed by atoms with Crippen LogP contribution in [0.3, 0.4) is 0 Å². The van der Waals surface area contributed by atoms with Crippen LogP contribution in [0.1, 0.15) is 51.4 Å². The van der Waals surface area contributed by atoms with Crippen LogP contribution in [-0.4, -0.2) is 36.6 Å². The van der Waals surface area contributed by atoms with Gasteiger partial charge in [0.1, 0.15) is 10.8 Å². The molecule has 9 heteroatoms. The number of aromatic nitrogens is 5.